The van der Waals surface area contributed by atoms with Crippen molar-refractivity contribution in [2.24, 2.45) is 0 Å². The number of hydrogen-bond donors (Lipinski definition) is 1. The second kappa shape index (κ2) is 5.04. The van der Waals surface area contributed by atoms with Crippen LogP contribution in [0.4, 0.5) is 0 Å². The summed E-state index contributed by atoms with van der Waals surface area (Å²) < 4.78 is 2.13. The van der Waals surface area contributed by atoms with Crippen LogP contribution in [0.5, 0.6) is 5.75 Å². The number of rotatable bonds is 2. The Morgan fingerprint density at radius 1 is 1.10 bits per heavy atom. The van der Waals surface area contributed by atoms with E-state index in [1.54, 1.807) is 18.2 Å². The van der Waals surface area contributed by atoms with E-state index >= 15 is 0 Å². The Bertz CT molecular complexity index is 793. The molecule has 3 rings (SSSR count). The zero-order valence-electron chi connectivity index (χ0n) is 10.8. The molecule has 0 atom stereocenters. The van der Waals surface area contributed by atoms with E-state index < -0.39 is 0 Å². The molecule has 3 aromatic rings. The SMILES string of the molecule is Cc1[c]c2cc(O)ccc2n1Cc1ccc(Cl)c(Cl)c1. The fourth-order valence-corrected chi connectivity index (χ4v) is 2.65. The number of halogens is 2. The summed E-state index contributed by atoms with van der Waals surface area (Å²) in [7, 11) is 0. The maximum atomic E-state index is 9.53. The number of benzene rings is 2. The van der Waals surface area contributed by atoms with E-state index in [0.29, 0.717) is 16.6 Å². The van der Waals surface area contributed by atoms with Gasteiger partial charge in [-0.2, -0.15) is 0 Å². The molecule has 0 aliphatic carbocycles. The molecule has 0 aliphatic rings. The molecule has 0 saturated heterocycles. The van der Waals surface area contributed by atoms with Gasteiger partial charge in [-0.05, 0) is 42.8 Å². The first-order chi connectivity index (χ1) is 9.54. The molecule has 1 radical (unpaired) electrons. The topological polar surface area (TPSA) is 25.2 Å². The first-order valence-electron chi connectivity index (χ1n) is 6.19. The van der Waals surface area contributed by atoms with Gasteiger partial charge in [0.15, 0.2) is 0 Å². The van der Waals surface area contributed by atoms with Crippen LogP contribution < -0.4 is 0 Å². The summed E-state index contributed by atoms with van der Waals surface area (Å²) in [4.78, 5) is 0. The molecule has 1 heterocycles. The van der Waals surface area contributed by atoms with Gasteiger partial charge >= 0.3 is 0 Å². The van der Waals surface area contributed by atoms with E-state index in [4.69, 9.17) is 23.2 Å². The number of aryl methyl sites for hydroxylation is 1. The summed E-state index contributed by atoms with van der Waals surface area (Å²) in [6.07, 6.45) is 0. The van der Waals surface area contributed by atoms with Crippen molar-refractivity contribution in [1.29, 1.82) is 0 Å². The minimum atomic E-state index is 0.250. The highest BCUT2D eigenvalue weighted by atomic mass is 35.5. The Morgan fingerprint density at radius 3 is 2.65 bits per heavy atom. The summed E-state index contributed by atoms with van der Waals surface area (Å²) in [6, 6.07) is 14.2. The summed E-state index contributed by atoms with van der Waals surface area (Å²) in [5, 5.41) is 11.5. The molecule has 0 amide bonds. The molecule has 101 valence electrons. The van der Waals surface area contributed by atoms with E-state index in [0.717, 1.165) is 22.2 Å². The molecule has 20 heavy (non-hydrogen) atoms. The van der Waals surface area contributed by atoms with Crippen molar-refractivity contribution in [3.63, 3.8) is 0 Å². The third kappa shape index (κ3) is 2.37. The lowest BCUT2D eigenvalue weighted by Crippen LogP contribution is -2.01. The average molecular weight is 305 g/mol. The van der Waals surface area contributed by atoms with Crippen LogP contribution >= 0.6 is 23.2 Å². The van der Waals surface area contributed by atoms with Gasteiger partial charge < -0.3 is 9.67 Å². The molecule has 2 nitrogen and oxygen atoms in total. The molecule has 1 N–H and O–H groups in total. The summed E-state index contributed by atoms with van der Waals surface area (Å²) >= 11 is 12.0. The quantitative estimate of drug-likeness (QED) is 0.722. The number of fused-ring (bicyclic) bond motifs is 1. The van der Waals surface area contributed by atoms with Crippen molar-refractivity contribution >= 4 is 34.1 Å². The van der Waals surface area contributed by atoms with Crippen molar-refractivity contribution in [3.8, 4) is 5.75 Å². The molecule has 2 aromatic carbocycles. The Labute approximate surface area is 127 Å². The van der Waals surface area contributed by atoms with Gasteiger partial charge in [-0.3, -0.25) is 0 Å². The molecular formula is C16H12Cl2NO. The van der Waals surface area contributed by atoms with Crippen LogP contribution in [0.15, 0.2) is 36.4 Å². The molecule has 0 unspecified atom stereocenters. The summed E-state index contributed by atoms with van der Waals surface area (Å²) in [6.45, 7) is 2.68. The molecule has 1 aromatic heterocycles. The lowest BCUT2D eigenvalue weighted by Gasteiger charge is -2.09. The Hall–Kier alpha value is -1.64. The van der Waals surface area contributed by atoms with Crippen molar-refractivity contribution in [1.82, 2.24) is 4.57 Å². The molecule has 0 aliphatic heterocycles. The molecule has 0 bridgehead atoms. The second-order valence-electron chi connectivity index (χ2n) is 4.75. The van der Waals surface area contributed by atoms with Gasteiger partial charge in [-0.25, -0.2) is 0 Å². The lowest BCUT2D eigenvalue weighted by molar-refractivity contribution is 0.476. The number of phenols is 1. The first kappa shape index (κ1) is 13.3. The fraction of sp³-hybridized carbons (Fsp3) is 0.125. The normalized spacial score (nSPS) is 11.2. The van der Waals surface area contributed by atoms with Gasteiger partial charge in [-0.15, -0.1) is 0 Å². The largest absolute Gasteiger partial charge is 0.508 e. The number of hydrogen-bond acceptors (Lipinski definition) is 1. The smallest absolute Gasteiger partial charge is 0.116 e. The van der Waals surface area contributed by atoms with Gasteiger partial charge in [0, 0.05) is 29.2 Å². The third-order valence-electron chi connectivity index (χ3n) is 3.32. The maximum Gasteiger partial charge on any atom is 0.116 e. The Balaban J connectivity index is 2.05. The van der Waals surface area contributed by atoms with Gasteiger partial charge in [0.2, 0.25) is 0 Å². The van der Waals surface area contributed by atoms with Crippen LogP contribution in [0.2, 0.25) is 10.0 Å². The third-order valence-corrected chi connectivity index (χ3v) is 4.06. The van der Waals surface area contributed by atoms with Crippen LogP contribution in [0.25, 0.3) is 10.9 Å². The van der Waals surface area contributed by atoms with Gasteiger partial charge in [0.05, 0.1) is 10.0 Å². The van der Waals surface area contributed by atoms with E-state index in [1.807, 2.05) is 25.1 Å². The summed E-state index contributed by atoms with van der Waals surface area (Å²) in [5.74, 6) is 0.250. The minimum absolute atomic E-state index is 0.250. The highest BCUT2D eigenvalue weighted by Crippen LogP contribution is 2.26. The van der Waals surface area contributed by atoms with Crippen LogP contribution in [-0.2, 0) is 6.54 Å². The van der Waals surface area contributed by atoms with Crippen molar-refractivity contribution in [3.05, 3.63) is 63.8 Å². The second-order valence-corrected chi connectivity index (χ2v) is 5.56. The number of nitrogens with zero attached hydrogens (tertiary/aromatic N) is 1. The molecule has 0 spiro atoms. The van der Waals surface area contributed by atoms with E-state index in [-0.39, 0.29) is 5.75 Å². The van der Waals surface area contributed by atoms with Crippen LogP contribution in [-0.4, -0.2) is 9.67 Å². The monoisotopic (exact) mass is 304 g/mol. The molecule has 4 heteroatoms. The van der Waals surface area contributed by atoms with Crippen LogP contribution in [0, 0.1) is 13.0 Å². The predicted molar refractivity (Wildman–Crippen MR) is 82.7 cm³/mol. The van der Waals surface area contributed by atoms with Crippen molar-refractivity contribution in [2.45, 2.75) is 13.5 Å². The standard InChI is InChI=1S/C16H12Cl2NO/c1-10-6-12-8-13(20)3-5-16(12)19(10)9-11-2-4-14(17)15(18)7-11/h2-5,7-8,20H,9H2,1H3. The van der Waals surface area contributed by atoms with Gasteiger partial charge in [-0.1, -0.05) is 29.3 Å². The van der Waals surface area contributed by atoms with Crippen LogP contribution in [0.1, 0.15) is 11.3 Å². The molecule has 0 fully saturated rings. The van der Waals surface area contributed by atoms with Gasteiger partial charge in [0.1, 0.15) is 5.75 Å². The number of phenolic OH excluding ortho intramolecular Hbond substituents is 1. The van der Waals surface area contributed by atoms with Crippen LogP contribution in [0.3, 0.4) is 0 Å². The fourth-order valence-electron chi connectivity index (χ4n) is 2.33. The zero-order valence-corrected chi connectivity index (χ0v) is 12.3. The minimum Gasteiger partial charge on any atom is -0.508 e. The highest BCUT2D eigenvalue weighted by Gasteiger charge is 2.08. The number of aromatic hydroxyl groups is 1. The van der Waals surface area contributed by atoms with Gasteiger partial charge in [0.25, 0.3) is 0 Å². The summed E-state index contributed by atoms with van der Waals surface area (Å²) in [5.41, 5.74) is 3.12. The lowest BCUT2D eigenvalue weighted by atomic mass is 10.2. The Kier molecular flexibility index (Phi) is 3.36. The Morgan fingerprint density at radius 2 is 1.90 bits per heavy atom. The molecular weight excluding hydrogens is 293 g/mol. The first-order valence-corrected chi connectivity index (χ1v) is 6.95. The average Bonchev–Trinajstić information content (AvgIpc) is 2.69. The predicted octanol–water partition coefficient (Wildman–Crippen LogP) is 4.81. The highest BCUT2D eigenvalue weighted by molar-refractivity contribution is 6.42. The zero-order chi connectivity index (χ0) is 14.3. The van der Waals surface area contributed by atoms with E-state index in [2.05, 4.69) is 10.6 Å². The molecule has 0 saturated carbocycles. The maximum absolute atomic E-state index is 9.53. The van der Waals surface area contributed by atoms with E-state index in [9.17, 15) is 5.11 Å². The van der Waals surface area contributed by atoms with E-state index in [1.165, 1.54) is 0 Å². The van der Waals surface area contributed by atoms with Crippen molar-refractivity contribution < 1.29 is 5.11 Å². The van der Waals surface area contributed by atoms with Crippen molar-refractivity contribution in [2.75, 3.05) is 0 Å². The number of aromatic nitrogens is 1.